The Labute approximate surface area is 128 Å². The first-order valence-corrected chi connectivity index (χ1v) is 6.86. The highest BCUT2D eigenvalue weighted by atomic mass is 32.1. The highest BCUT2D eigenvalue weighted by Gasteiger charge is 2.09. The molecule has 0 radical (unpaired) electrons. The lowest BCUT2D eigenvalue weighted by Crippen LogP contribution is -2.22. The van der Waals surface area contributed by atoms with Crippen molar-refractivity contribution in [2.75, 3.05) is 11.9 Å². The van der Waals surface area contributed by atoms with Gasteiger partial charge < -0.3 is 15.8 Å². The fourth-order valence-corrected chi connectivity index (χ4v) is 2.03. The lowest BCUT2D eigenvalue weighted by Gasteiger charge is -2.11. The maximum atomic E-state index is 12.0. The molecule has 0 aliphatic carbocycles. The number of amides is 1. The number of hydrogen-bond acceptors (Lipinski definition) is 3. The van der Waals surface area contributed by atoms with Crippen molar-refractivity contribution >= 4 is 28.8 Å². The number of thiocarbonyl (C=S) groups is 1. The second-order valence-corrected chi connectivity index (χ2v) is 4.95. The van der Waals surface area contributed by atoms with E-state index in [-0.39, 0.29) is 17.5 Å². The zero-order valence-corrected chi connectivity index (χ0v) is 12.4. The van der Waals surface area contributed by atoms with Crippen molar-refractivity contribution in [2.24, 2.45) is 5.73 Å². The second-order valence-electron chi connectivity index (χ2n) is 4.51. The Morgan fingerprint density at radius 1 is 1.19 bits per heavy atom. The van der Waals surface area contributed by atoms with Gasteiger partial charge in [-0.2, -0.15) is 0 Å². The number of rotatable bonds is 5. The van der Waals surface area contributed by atoms with Crippen LogP contribution >= 0.6 is 12.2 Å². The van der Waals surface area contributed by atoms with Gasteiger partial charge in [-0.3, -0.25) is 4.79 Å². The summed E-state index contributed by atoms with van der Waals surface area (Å²) in [6.07, 6.45) is 0. The lowest BCUT2D eigenvalue weighted by atomic mass is 10.2. The maximum absolute atomic E-state index is 12.0. The summed E-state index contributed by atoms with van der Waals surface area (Å²) in [5, 5.41) is 2.75. The number of para-hydroxylation sites is 2. The topological polar surface area (TPSA) is 64.3 Å². The van der Waals surface area contributed by atoms with Gasteiger partial charge in [0.05, 0.1) is 5.69 Å². The molecule has 0 heterocycles. The summed E-state index contributed by atoms with van der Waals surface area (Å²) in [5.74, 6) is 0.428. The van der Waals surface area contributed by atoms with Crippen LogP contribution in [0, 0.1) is 6.92 Å². The SMILES string of the molecule is Cc1ccccc1OCC(=O)Nc1ccccc1C(N)=S. The van der Waals surface area contributed by atoms with Crippen molar-refractivity contribution in [3.63, 3.8) is 0 Å². The Morgan fingerprint density at radius 2 is 1.86 bits per heavy atom. The number of aryl methyl sites for hydroxylation is 1. The molecule has 0 bridgehead atoms. The molecule has 0 fully saturated rings. The van der Waals surface area contributed by atoms with Crippen LogP contribution in [0.1, 0.15) is 11.1 Å². The van der Waals surface area contributed by atoms with E-state index in [9.17, 15) is 4.79 Å². The van der Waals surface area contributed by atoms with Gasteiger partial charge in [0.15, 0.2) is 6.61 Å². The molecule has 3 N–H and O–H groups in total. The molecular formula is C16H16N2O2S. The number of carbonyl (C=O) groups is 1. The van der Waals surface area contributed by atoms with Crippen LogP contribution in [-0.2, 0) is 4.79 Å². The average Bonchev–Trinajstić information content (AvgIpc) is 2.47. The van der Waals surface area contributed by atoms with Gasteiger partial charge in [0, 0.05) is 5.56 Å². The fourth-order valence-electron chi connectivity index (χ4n) is 1.85. The quantitative estimate of drug-likeness (QED) is 0.833. The second kappa shape index (κ2) is 6.85. The molecule has 2 aromatic rings. The van der Waals surface area contributed by atoms with E-state index in [2.05, 4.69) is 5.32 Å². The third kappa shape index (κ3) is 4.03. The third-order valence-corrected chi connectivity index (χ3v) is 3.14. The van der Waals surface area contributed by atoms with Crippen molar-refractivity contribution in [2.45, 2.75) is 6.92 Å². The third-order valence-electron chi connectivity index (χ3n) is 2.92. The Hall–Kier alpha value is -2.40. The van der Waals surface area contributed by atoms with Crippen LogP contribution < -0.4 is 15.8 Å². The van der Waals surface area contributed by atoms with E-state index >= 15 is 0 Å². The average molecular weight is 300 g/mol. The van der Waals surface area contributed by atoms with Gasteiger partial charge in [-0.25, -0.2) is 0 Å². The highest BCUT2D eigenvalue weighted by molar-refractivity contribution is 7.80. The van der Waals surface area contributed by atoms with Crippen LogP contribution in [0.5, 0.6) is 5.75 Å². The first-order valence-electron chi connectivity index (χ1n) is 6.45. The van der Waals surface area contributed by atoms with Gasteiger partial charge in [0.1, 0.15) is 10.7 Å². The summed E-state index contributed by atoms with van der Waals surface area (Å²) in [6.45, 7) is 1.85. The number of carbonyl (C=O) groups excluding carboxylic acids is 1. The lowest BCUT2D eigenvalue weighted by molar-refractivity contribution is -0.118. The zero-order valence-electron chi connectivity index (χ0n) is 11.6. The molecule has 108 valence electrons. The smallest absolute Gasteiger partial charge is 0.262 e. The largest absolute Gasteiger partial charge is 0.483 e. The zero-order chi connectivity index (χ0) is 15.2. The summed E-state index contributed by atoms with van der Waals surface area (Å²) in [6, 6.07) is 14.7. The normalized spacial score (nSPS) is 9.95. The molecule has 2 aromatic carbocycles. The summed E-state index contributed by atoms with van der Waals surface area (Å²) in [4.78, 5) is 12.2. The molecule has 2 rings (SSSR count). The standard InChI is InChI=1S/C16H16N2O2S/c1-11-6-2-5-9-14(11)20-10-15(19)18-13-8-4-3-7-12(13)16(17)21/h2-9H,10H2,1H3,(H2,17,21)(H,18,19). The highest BCUT2D eigenvalue weighted by Crippen LogP contribution is 2.17. The minimum Gasteiger partial charge on any atom is -0.483 e. The van der Waals surface area contributed by atoms with E-state index in [0.717, 1.165) is 5.56 Å². The summed E-state index contributed by atoms with van der Waals surface area (Å²) in [5.41, 5.74) is 7.83. The van der Waals surface area contributed by atoms with Crippen LogP contribution in [0.25, 0.3) is 0 Å². The fraction of sp³-hybridized carbons (Fsp3) is 0.125. The first-order chi connectivity index (χ1) is 10.1. The van der Waals surface area contributed by atoms with Gasteiger partial charge in [-0.1, -0.05) is 42.5 Å². The van der Waals surface area contributed by atoms with Crippen molar-refractivity contribution < 1.29 is 9.53 Å². The van der Waals surface area contributed by atoms with E-state index < -0.39 is 0 Å². The van der Waals surface area contributed by atoms with Crippen molar-refractivity contribution in [3.05, 3.63) is 59.7 Å². The number of nitrogens with two attached hydrogens (primary N) is 1. The molecule has 0 aliphatic heterocycles. The number of nitrogens with one attached hydrogen (secondary N) is 1. The Balaban J connectivity index is 2.00. The minimum atomic E-state index is -0.262. The van der Waals surface area contributed by atoms with Crippen LogP contribution in [-0.4, -0.2) is 17.5 Å². The van der Waals surface area contributed by atoms with Gasteiger partial charge in [0.25, 0.3) is 5.91 Å². The molecule has 21 heavy (non-hydrogen) atoms. The monoisotopic (exact) mass is 300 g/mol. The summed E-state index contributed by atoms with van der Waals surface area (Å²) in [7, 11) is 0. The van der Waals surface area contributed by atoms with E-state index in [0.29, 0.717) is 17.0 Å². The van der Waals surface area contributed by atoms with Crippen LogP contribution in [0.15, 0.2) is 48.5 Å². The van der Waals surface area contributed by atoms with Crippen LogP contribution in [0.2, 0.25) is 0 Å². The number of anilines is 1. The van der Waals surface area contributed by atoms with E-state index in [1.54, 1.807) is 18.2 Å². The Morgan fingerprint density at radius 3 is 2.57 bits per heavy atom. The van der Waals surface area contributed by atoms with Crippen molar-refractivity contribution in [1.82, 2.24) is 0 Å². The molecule has 0 spiro atoms. The van der Waals surface area contributed by atoms with E-state index in [4.69, 9.17) is 22.7 Å². The summed E-state index contributed by atoms with van der Waals surface area (Å²) >= 11 is 4.96. The minimum absolute atomic E-state index is 0.0729. The molecular weight excluding hydrogens is 284 g/mol. The first kappa shape index (κ1) is 15.0. The van der Waals surface area contributed by atoms with E-state index in [1.807, 2.05) is 37.3 Å². The Kier molecular flexibility index (Phi) is 4.90. The number of hydrogen-bond donors (Lipinski definition) is 2. The molecule has 0 aromatic heterocycles. The predicted molar refractivity (Wildman–Crippen MR) is 87.6 cm³/mol. The van der Waals surface area contributed by atoms with Gasteiger partial charge in [-0.15, -0.1) is 0 Å². The summed E-state index contributed by atoms with van der Waals surface area (Å²) < 4.78 is 5.49. The molecule has 0 unspecified atom stereocenters. The molecule has 0 aliphatic rings. The Bertz CT molecular complexity index is 671. The van der Waals surface area contributed by atoms with Crippen LogP contribution in [0.3, 0.4) is 0 Å². The van der Waals surface area contributed by atoms with Gasteiger partial charge in [-0.05, 0) is 30.7 Å². The molecule has 0 atom stereocenters. The molecule has 0 saturated carbocycles. The molecule has 4 nitrogen and oxygen atoms in total. The molecule has 5 heteroatoms. The van der Waals surface area contributed by atoms with Crippen molar-refractivity contribution in [1.29, 1.82) is 0 Å². The van der Waals surface area contributed by atoms with E-state index in [1.165, 1.54) is 0 Å². The number of ether oxygens (including phenoxy) is 1. The maximum Gasteiger partial charge on any atom is 0.262 e. The molecule has 0 saturated heterocycles. The van der Waals surface area contributed by atoms with Crippen molar-refractivity contribution in [3.8, 4) is 5.75 Å². The number of benzene rings is 2. The predicted octanol–water partition coefficient (Wildman–Crippen LogP) is 2.65. The van der Waals surface area contributed by atoms with Gasteiger partial charge >= 0.3 is 0 Å². The van der Waals surface area contributed by atoms with Crippen LogP contribution in [0.4, 0.5) is 5.69 Å². The molecule has 1 amide bonds. The van der Waals surface area contributed by atoms with Gasteiger partial charge in [0.2, 0.25) is 0 Å².